The zero-order valence-corrected chi connectivity index (χ0v) is 9.53. The molecule has 0 aliphatic heterocycles. The fraction of sp³-hybridized carbons (Fsp3) is 0. The molecule has 0 aromatic heterocycles. The van der Waals surface area contributed by atoms with Crippen LogP contribution in [0.3, 0.4) is 0 Å². The number of carbonyl (C=O) groups excluding carboxylic acids is 2. The first kappa shape index (κ1) is 29.3. The quantitative estimate of drug-likeness (QED) is 0.365. The van der Waals surface area contributed by atoms with Crippen LogP contribution < -0.4 is 35.0 Å². The molecule has 0 bridgehead atoms. The molecule has 0 aromatic carbocycles. The molecule has 0 aromatic rings. The summed E-state index contributed by atoms with van der Waals surface area (Å²) in [5, 5.41) is 18.3. The van der Waals surface area contributed by atoms with Gasteiger partial charge in [0.25, 0.3) is 0 Å². The molecule has 13 heavy (non-hydrogen) atoms. The minimum absolute atomic E-state index is 0. The molecule has 0 amide bonds. The predicted octanol–water partition coefficient (Wildman–Crippen LogP) is -8.15. The molecular formula is C6H6Cl2O4Ti. The maximum atomic E-state index is 9.14. The molecule has 0 atom stereocenters. The van der Waals surface area contributed by atoms with E-state index in [9.17, 15) is 0 Å². The van der Waals surface area contributed by atoms with Crippen LogP contribution in [-0.4, -0.2) is 11.9 Å². The van der Waals surface area contributed by atoms with Crippen molar-refractivity contribution in [2.75, 3.05) is 0 Å². The summed E-state index contributed by atoms with van der Waals surface area (Å²) in [5.74, 6) is -2.46. The Bertz CT molecular complexity index is 143. The monoisotopic (exact) mass is 260 g/mol. The van der Waals surface area contributed by atoms with Crippen molar-refractivity contribution in [3.8, 4) is 0 Å². The normalized spacial score (nSPS) is 4.92. The largest absolute Gasteiger partial charge is 4.00 e. The number of carboxylic acids is 2. The molecule has 0 heterocycles. The molecule has 7 heteroatoms. The number of rotatable bonds is 2. The third-order valence-electron chi connectivity index (χ3n) is 0.333. The minimum atomic E-state index is -1.23. The third kappa shape index (κ3) is 80.1. The summed E-state index contributed by atoms with van der Waals surface area (Å²) < 4.78 is 0. The van der Waals surface area contributed by atoms with Gasteiger partial charge in [-0.25, -0.2) is 0 Å². The SMILES string of the molecule is C=CC(=O)[O-].C=CC(=O)[O-].[Cl-].[Cl-].[Ti+4]. The molecule has 0 saturated heterocycles. The second-order valence-electron chi connectivity index (χ2n) is 1.05. The van der Waals surface area contributed by atoms with E-state index in [1.54, 1.807) is 0 Å². The topological polar surface area (TPSA) is 80.3 Å². The Kier molecular flexibility index (Phi) is 51.0. The molecule has 4 nitrogen and oxygen atoms in total. The van der Waals surface area contributed by atoms with Crippen LogP contribution in [0, 0.1) is 0 Å². The van der Waals surface area contributed by atoms with E-state index < -0.39 is 11.9 Å². The number of carbonyl (C=O) groups is 2. The molecule has 0 aliphatic rings. The van der Waals surface area contributed by atoms with E-state index in [4.69, 9.17) is 19.8 Å². The fourth-order valence-electron chi connectivity index (χ4n) is 0. The Labute approximate surface area is 103 Å². The Balaban J connectivity index is -0.0000000267. The van der Waals surface area contributed by atoms with Gasteiger partial charge in [-0.2, -0.15) is 0 Å². The molecule has 0 radical (unpaired) electrons. The van der Waals surface area contributed by atoms with Gasteiger partial charge in [0.2, 0.25) is 0 Å². The van der Waals surface area contributed by atoms with Crippen LogP contribution in [-0.2, 0) is 31.3 Å². The van der Waals surface area contributed by atoms with Gasteiger partial charge in [0.05, 0.1) is 11.9 Å². The standard InChI is InChI=1S/2C3H4O2.2ClH.Ti/c2*1-2-3(4)5;;;/h2*2H,1H2,(H,4,5);2*1H;/q;;;;+4/p-4. The summed E-state index contributed by atoms with van der Waals surface area (Å²) in [5.41, 5.74) is 0. The maximum Gasteiger partial charge on any atom is 4.00 e. The summed E-state index contributed by atoms with van der Waals surface area (Å²) in [4.78, 5) is 18.3. The molecule has 0 unspecified atom stereocenters. The zero-order chi connectivity index (χ0) is 8.57. The van der Waals surface area contributed by atoms with Crippen LogP contribution >= 0.6 is 0 Å². The van der Waals surface area contributed by atoms with E-state index in [1.807, 2.05) is 0 Å². The number of carboxylic acid groups (broad SMARTS) is 2. The Morgan fingerprint density at radius 1 is 0.923 bits per heavy atom. The van der Waals surface area contributed by atoms with Crippen LogP contribution in [0.5, 0.6) is 0 Å². The summed E-state index contributed by atoms with van der Waals surface area (Å²) in [6.07, 6.45) is 1.44. The Morgan fingerprint density at radius 3 is 1.00 bits per heavy atom. The van der Waals surface area contributed by atoms with Gasteiger partial charge in [0, 0.05) is 0 Å². The van der Waals surface area contributed by atoms with Crippen molar-refractivity contribution in [1.82, 2.24) is 0 Å². The van der Waals surface area contributed by atoms with Crippen molar-refractivity contribution in [1.29, 1.82) is 0 Å². The van der Waals surface area contributed by atoms with Gasteiger partial charge in [-0.15, -0.1) is 0 Å². The van der Waals surface area contributed by atoms with E-state index in [0.717, 1.165) is 12.2 Å². The zero-order valence-electron chi connectivity index (χ0n) is 6.46. The second kappa shape index (κ2) is 22.6. The first-order valence-corrected chi connectivity index (χ1v) is 2.21. The van der Waals surface area contributed by atoms with Gasteiger partial charge >= 0.3 is 21.7 Å². The number of halogens is 2. The van der Waals surface area contributed by atoms with Crippen molar-refractivity contribution < 1.29 is 66.3 Å². The van der Waals surface area contributed by atoms with Crippen molar-refractivity contribution in [3.05, 3.63) is 25.3 Å². The third-order valence-corrected chi connectivity index (χ3v) is 0.333. The molecular weight excluding hydrogens is 255 g/mol. The van der Waals surface area contributed by atoms with Crippen molar-refractivity contribution in [2.45, 2.75) is 0 Å². The molecule has 0 rings (SSSR count). The van der Waals surface area contributed by atoms with Crippen LogP contribution in [0.15, 0.2) is 25.3 Å². The molecule has 0 spiro atoms. The van der Waals surface area contributed by atoms with Gasteiger partial charge in [-0.05, 0) is 12.2 Å². The first-order chi connectivity index (χ1) is 4.54. The van der Waals surface area contributed by atoms with Gasteiger partial charge in [0.1, 0.15) is 0 Å². The van der Waals surface area contributed by atoms with Crippen LogP contribution in [0.1, 0.15) is 0 Å². The van der Waals surface area contributed by atoms with Gasteiger partial charge in [-0.1, -0.05) is 13.2 Å². The molecule has 72 valence electrons. The van der Waals surface area contributed by atoms with Crippen LogP contribution in [0.2, 0.25) is 0 Å². The minimum Gasteiger partial charge on any atom is -1.00 e. The van der Waals surface area contributed by atoms with Crippen LogP contribution in [0.25, 0.3) is 0 Å². The molecule has 0 aliphatic carbocycles. The molecule has 0 saturated carbocycles. The van der Waals surface area contributed by atoms with E-state index in [2.05, 4.69) is 13.2 Å². The summed E-state index contributed by atoms with van der Waals surface area (Å²) in [6.45, 7) is 5.80. The average Bonchev–Trinajstić information content (AvgIpc) is 1.89. The number of hydrogen-bond donors (Lipinski definition) is 0. The summed E-state index contributed by atoms with van der Waals surface area (Å²) in [6, 6.07) is 0. The molecule has 0 fully saturated rings. The predicted molar refractivity (Wildman–Crippen MR) is 30.4 cm³/mol. The second-order valence-corrected chi connectivity index (χ2v) is 1.05. The Morgan fingerprint density at radius 2 is 1.00 bits per heavy atom. The average molecular weight is 261 g/mol. The molecule has 0 N–H and O–H groups in total. The van der Waals surface area contributed by atoms with Gasteiger partial charge < -0.3 is 44.6 Å². The summed E-state index contributed by atoms with van der Waals surface area (Å²) >= 11 is 0. The van der Waals surface area contributed by atoms with Crippen LogP contribution in [0.4, 0.5) is 0 Å². The number of hydrogen-bond acceptors (Lipinski definition) is 4. The Hall–Kier alpha value is -0.286. The van der Waals surface area contributed by atoms with E-state index in [1.165, 1.54) is 0 Å². The van der Waals surface area contributed by atoms with E-state index in [0.29, 0.717) is 0 Å². The summed E-state index contributed by atoms with van der Waals surface area (Å²) in [7, 11) is 0. The first-order valence-electron chi connectivity index (χ1n) is 2.21. The smallest absolute Gasteiger partial charge is 1.00 e. The van der Waals surface area contributed by atoms with Crippen molar-refractivity contribution >= 4 is 11.9 Å². The van der Waals surface area contributed by atoms with E-state index in [-0.39, 0.29) is 46.5 Å². The van der Waals surface area contributed by atoms with E-state index >= 15 is 0 Å². The van der Waals surface area contributed by atoms with Crippen molar-refractivity contribution in [3.63, 3.8) is 0 Å². The van der Waals surface area contributed by atoms with Gasteiger partial charge in [0.15, 0.2) is 0 Å². The fourth-order valence-corrected chi connectivity index (χ4v) is 0. The maximum absolute atomic E-state index is 9.14. The van der Waals surface area contributed by atoms with Gasteiger partial charge in [-0.3, -0.25) is 0 Å². The van der Waals surface area contributed by atoms with Crippen molar-refractivity contribution in [2.24, 2.45) is 0 Å². The number of aliphatic carboxylic acids is 2.